The van der Waals surface area contributed by atoms with Crippen LogP contribution in [0.1, 0.15) is 25.3 Å². The zero-order valence-electron chi connectivity index (χ0n) is 10.5. The molecule has 1 saturated heterocycles. The van der Waals surface area contributed by atoms with Crippen LogP contribution < -0.4 is 0 Å². The largest absolute Gasteiger partial charge is 0.459 e. The number of benzene rings is 1. The Morgan fingerprint density at radius 1 is 1.50 bits per heavy atom. The number of aliphatic hydroxyl groups is 1. The number of hydrogen-bond acceptors (Lipinski definition) is 4. The van der Waals surface area contributed by atoms with Crippen LogP contribution in [0.15, 0.2) is 30.3 Å². The molecule has 18 heavy (non-hydrogen) atoms. The molecule has 0 spiro atoms. The molecule has 1 aliphatic heterocycles. The standard InChI is InChI=1S/C14H18O4/c1-14(16)8-7-12(18-10-14)13(15)17-9-11-5-3-2-4-6-11/h2-6,12,16H,7-10H2,1H3/t12-,14-/m1/s1. The third-order valence-electron chi connectivity index (χ3n) is 3.03. The van der Waals surface area contributed by atoms with E-state index in [0.29, 0.717) is 12.8 Å². The maximum atomic E-state index is 11.8. The predicted octanol–water partition coefficient (Wildman–Crippen LogP) is 1.66. The van der Waals surface area contributed by atoms with Crippen molar-refractivity contribution in [2.45, 2.75) is 38.1 Å². The Balaban J connectivity index is 1.79. The first-order valence-electron chi connectivity index (χ1n) is 6.11. The first kappa shape index (κ1) is 13.1. The van der Waals surface area contributed by atoms with Crippen LogP contribution in [0, 0.1) is 0 Å². The molecule has 0 aliphatic carbocycles. The monoisotopic (exact) mass is 250 g/mol. The Kier molecular flexibility index (Phi) is 3.99. The maximum Gasteiger partial charge on any atom is 0.335 e. The molecule has 0 aromatic heterocycles. The van der Waals surface area contributed by atoms with Crippen LogP contribution in [0.25, 0.3) is 0 Å². The van der Waals surface area contributed by atoms with Crippen molar-refractivity contribution in [3.63, 3.8) is 0 Å². The normalized spacial score (nSPS) is 27.8. The van der Waals surface area contributed by atoms with Crippen molar-refractivity contribution >= 4 is 5.97 Å². The highest BCUT2D eigenvalue weighted by Gasteiger charge is 2.33. The fourth-order valence-electron chi connectivity index (χ4n) is 1.89. The van der Waals surface area contributed by atoms with E-state index in [0.717, 1.165) is 5.56 Å². The molecule has 4 nitrogen and oxygen atoms in total. The summed E-state index contributed by atoms with van der Waals surface area (Å²) in [5.74, 6) is -0.352. The first-order chi connectivity index (χ1) is 8.57. The maximum absolute atomic E-state index is 11.8. The molecule has 1 N–H and O–H groups in total. The molecule has 0 unspecified atom stereocenters. The second-order valence-electron chi connectivity index (χ2n) is 4.93. The highest BCUT2D eigenvalue weighted by molar-refractivity contribution is 5.74. The molecular weight excluding hydrogens is 232 g/mol. The predicted molar refractivity (Wildman–Crippen MR) is 65.8 cm³/mol. The van der Waals surface area contributed by atoms with E-state index in [-0.39, 0.29) is 19.2 Å². The molecule has 0 amide bonds. The summed E-state index contributed by atoms with van der Waals surface area (Å²) in [5, 5.41) is 9.70. The van der Waals surface area contributed by atoms with Crippen molar-refractivity contribution in [1.29, 1.82) is 0 Å². The average Bonchev–Trinajstić information content (AvgIpc) is 2.37. The topological polar surface area (TPSA) is 55.8 Å². The van der Waals surface area contributed by atoms with Gasteiger partial charge in [0, 0.05) is 0 Å². The minimum atomic E-state index is -0.823. The molecule has 0 radical (unpaired) electrons. The van der Waals surface area contributed by atoms with E-state index in [2.05, 4.69) is 0 Å². The summed E-state index contributed by atoms with van der Waals surface area (Å²) in [6.45, 7) is 2.15. The lowest BCUT2D eigenvalue weighted by Gasteiger charge is -2.32. The molecule has 2 atom stereocenters. The van der Waals surface area contributed by atoms with Crippen molar-refractivity contribution in [2.75, 3.05) is 6.61 Å². The van der Waals surface area contributed by atoms with Gasteiger partial charge in [-0.15, -0.1) is 0 Å². The summed E-state index contributed by atoms with van der Waals surface area (Å²) < 4.78 is 10.5. The molecular formula is C14H18O4. The van der Waals surface area contributed by atoms with Crippen LogP contribution in [0.4, 0.5) is 0 Å². The summed E-state index contributed by atoms with van der Waals surface area (Å²) in [5.41, 5.74) is 0.129. The smallest absolute Gasteiger partial charge is 0.335 e. The van der Waals surface area contributed by atoms with Gasteiger partial charge < -0.3 is 14.6 Å². The second kappa shape index (κ2) is 5.50. The van der Waals surface area contributed by atoms with Crippen LogP contribution in [0.5, 0.6) is 0 Å². The Morgan fingerprint density at radius 3 is 2.83 bits per heavy atom. The summed E-state index contributed by atoms with van der Waals surface area (Å²) in [4.78, 5) is 11.8. The highest BCUT2D eigenvalue weighted by atomic mass is 16.6. The van der Waals surface area contributed by atoms with Gasteiger partial charge in [0.05, 0.1) is 12.2 Å². The van der Waals surface area contributed by atoms with Crippen LogP contribution in [-0.4, -0.2) is 29.4 Å². The summed E-state index contributed by atoms with van der Waals surface area (Å²) in [6.07, 6.45) is 0.507. The van der Waals surface area contributed by atoms with Crippen molar-refractivity contribution in [3.05, 3.63) is 35.9 Å². The van der Waals surface area contributed by atoms with Crippen molar-refractivity contribution < 1.29 is 19.4 Å². The lowest BCUT2D eigenvalue weighted by atomic mass is 9.96. The summed E-state index contributed by atoms with van der Waals surface area (Å²) in [6, 6.07) is 9.52. The molecule has 1 heterocycles. The SMILES string of the molecule is C[C@@]1(O)CC[C@H](C(=O)OCc2ccccc2)OC1. The molecule has 0 saturated carbocycles. The van der Waals surface area contributed by atoms with E-state index in [4.69, 9.17) is 9.47 Å². The molecule has 1 aliphatic rings. The first-order valence-corrected chi connectivity index (χ1v) is 6.11. The van der Waals surface area contributed by atoms with Crippen LogP contribution in [0.2, 0.25) is 0 Å². The lowest BCUT2D eigenvalue weighted by molar-refractivity contribution is -0.172. The quantitative estimate of drug-likeness (QED) is 0.829. The number of esters is 1. The van der Waals surface area contributed by atoms with Gasteiger partial charge in [-0.05, 0) is 25.3 Å². The Bertz CT molecular complexity index is 390. The van der Waals surface area contributed by atoms with Crippen LogP contribution >= 0.6 is 0 Å². The van der Waals surface area contributed by atoms with Gasteiger partial charge in [-0.25, -0.2) is 4.79 Å². The van der Waals surface area contributed by atoms with Gasteiger partial charge in [0.15, 0.2) is 6.10 Å². The molecule has 98 valence electrons. The molecule has 0 bridgehead atoms. The zero-order chi connectivity index (χ0) is 13.0. The van der Waals surface area contributed by atoms with Crippen molar-refractivity contribution in [3.8, 4) is 0 Å². The van der Waals surface area contributed by atoms with Crippen LogP contribution in [-0.2, 0) is 20.9 Å². The van der Waals surface area contributed by atoms with Crippen LogP contribution in [0.3, 0.4) is 0 Å². The van der Waals surface area contributed by atoms with Gasteiger partial charge in [0.25, 0.3) is 0 Å². The van der Waals surface area contributed by atoms with Gasteiger partial charge in [-0.3, -0.25) is 0 Å². The fraction of sp³-hybridized carbons (Fsp3) is 0.500. The number of rotatable bonds is 3. The average molecular weight is 250 g/mol. The van der Waals surface area contributed by atoms with E-state index >= 15 is 0 Å². The minimum absolute atomic E-state index is 0.179. The molecule has 1 aromatic carbocycles. The Hall–Kier alpha value is -1.39. The fourth-order valence-corrected chi connectivity index (χ4v) is 1.89. The number of carbonyl (C=O) groups excluding carboxylic acids is 1. The van der Waals surface area contributed by atoms with Crippen molar-refractivity contribution in [2.24, 2.45) is 0 Å². The van der Waals surface area contributed by atoms with Crippen molar-refractivity contribution in [1.82, 2.24) is 0 Å². The van der Waals surface area contributed by atoms with Gasteiger partial charge in [-0.1, -0.05) is 30.3 Å². The second-order valence-corrected chi connectivity index (χ2v) is 4.93. The van der Waals surface area contributed by atoms with E-state index in [1.807, 2.05) is 30.3 Å². The van der Waals surface area contributed by atoms with Gasteiger partial charge >= 0.3 is 5.97 Å². The molecule has 1 fully saturated rings. The van der Waals surface area contributed by atoms with E-state index in [9.17, 15) is 9.90 Å². The minimum Gasteiger partial charge on any atom is -0.459 e. The van der Waals surface area contributed by atoms with Gasteiger partial charge in [-0.2, -0.15) is 0 Å². The molecule has 2 rings (SSSR count). The van der Waals surface area contributed by atoms with E-state index in [1.165, 1.54) is 0 Å². The summed E-state index contributed by atoms with van der Waals surface area (Å²) in [7, 11) is 0. The third kappa shape index (κ3) is 3.55. The number of hydrogen-bond donors (Lipinski definition) is 1. The number of ether oxygens (including phenoxy) is 2. The molecule has 4 heteroatoms. The summed E-state index contributed by atoms with van der Waals surface area (Å²) >= 11 is 0. The van der Waals surface area contributed by atoms with E-state index in [1.54, 1.807) is 6.92 Å². The zero-order valence-corrected chi connectivity index (χ0v) is 10.5. The Morgan fingerprint density at radius 2 is 2.22 bits per heavy atom. The van der Waals surface area contributed by atoms with Gasteiger partial charge in [0.2, 0.25) is 0 Å². The third-order valence-corrected chi connectivity index (χ3v) is 3.03. The molecule has 1 aromatic rings. The lowest BCUT2D eigenvalue weighted by Crippen LogP contribution is -2.42. The Labute approximate surface area is 107 Å². The van der Waals surface area contributed by atoms with Gasteiger partial charge in [0.1, 0.15) is 6.61 Å². The highest BCUT2D eigenvalue weighted by Crippen LogP contribution is 2.23. The number of carbonyl (C=O) groups is 1. The van der Waals surface area contributed by atoms with E-state index < -0.39 is 11.7 Å².